The van der Waals surface area contributed by atoms with E-state index in [1.165, 1.54) is 16.8 Å². The molecule has 0 aliphatic heterocycles. The first-order valence-corrected chi connectivity index (χ1v) is 9.80. The smallest absolute Gasteiger partial charge is 0.317 e. The molecule has 2 heterocycles. The van der Waals surface area contributed by atoms with Crippen LogP contribution in [0, 0.1) is 13.8 Å². The van der Waals surface area contributed by atoms with Gasteiger partial charge in [-0.15, -0.1) is 0 Å². The second-order valence-corrected chi connectivity index (χ2v) is 7.78. The van der Waals surface area contributed by atoms with Crippen molar-refractivity contribution in [2.24, 2.45) is 7.05 Å². The number of halogens is 7. The van der Waals surface area contributed by atoms with Crippen molar-refractivity contribution < 1.29 is 31.1 Å². The number of nitrogens with one attached hydrogen (secondary N) is 1. The van der Waals surface area contributed by atoms with Gasteiger partial charge >= 0.3 is 12.4 Å². The maximum absolute atomic E-state index is 13.1. The summed E-state index contributed by atoms with van der Waals surface area (Å²) in [7, 11) is 1.06. The summed E-state index contributed by atoms with van der Waals surface area (Å²) in [6, 6.07) is 4.74. The highest BCUT2D eigenvalue weighted by atomic mass is 79.9. The summed E-state index contributed by atoms with van der Waals surface area (Å²) < 4.78 is 79.7. The molecule has 6 nitrogen and oxygen atoms in total. The lowest BCUT2D eigenvalue weighted by Gasteiger charge is -2.10. The van der Waals surface area contributed by atoms with Crippen molar-refractivity contribution in [1.29, 1.82) is 0 Å². The number of rotatable bonds is 4. The number of carbonyl (C=O) groups excluding carboxylic acids is 1. The molecule has 0 bridgehead atoms. The quantitative estimate of drug-likeness (QED) is 0.470. The van der Waals surface area contributed by atoms with Gasteiger partial charge in [0.25, 0.3) is 5.91 Å². The Kier molecular flexibility index (Phi) is 6.15. The van der Waals surface area contributed by atoms with Crippen molar-refractivity contribution in [3.63, 3.8) is 0 Å². The van der Waals surface area contributed by atoms with E-state index in [9.17, 15) is 31.1 Å². The van der Waals surface area contributed by atoms with Crippen LogP contribution in [0.3, 0.4) is 0 Å². The Labute approximate surface area is 186 Å². The van der Waals surface area contributed by atoms with Gasteiger partial charge in [-0.25, -0.2) is 0 Å². The van der Waals surface area contributed by atoms with Crippen molar-refractivity contribution in [3.05, 3.63) is 62.6 Å². The molecule has 0 spiro atoms. The second kappa shape index (κ2) is 8.26. The molecule has 3 rings (SSSR count). The van der Waals surface area contributed by atoms with Crippen molar-refractivity contribution in [1.82, 2.24) is 19.6 Å². The summed E-state index contributed by atoms with van der Waals surface area (Å²) in [5.41, 5.74) is -1.06. The molecule has 0 fully saturated rings. The third-order valence-electron chi connectivity index (χ3n) is 4.68. The van der Waals surface area contributed by atoms with E-state index in [1.54, 1.807) is 13.8 Å². The van der Waals surface area contributed by atoms with E-state index in [0.29, 0.717) is 21.6 Å². The third-order valence-corrected chi connectivity index (χ3v) is 5.43. The van der Waals surface area contributed by atoms with E-state index >= 15 is 0 Å². The fourth-order valence-electron chi connectivity index (χ4n) is 3.17. The lowest BCUT2D eigenvalue weighted by molar-refractivity contribution is -0.144. The topological polar surface area (TPSA) is 64.7 Å². The molecular formula is C19H16BrF6N5O. The Morgan fingerprint density at radius 3 is 2.31 bits per heavy atom. The van der Waals surface area contributed by atoms with Gasteiger partial charge in [-0.1, -0.05) is 12.1 Å². The van der Waals surface area contributed by atoms with Gasteiger partial charge in [-0.3, -0.25) is 14.2 Å². The Morgan fingerprint density at radius 2 is 1.75 bits per heavy atom. The van der Waals surface area contributed by atoms with Crippen molar-refractivity contribution in [2.45, 2.75) is 32.7 Å². The highest BCUT2D eigenvalue weighted by Crippen LogP contribution is 2.36. The molecule has 2 aromatic heterocycles. The maximum atomic E-state index is 13.1. The average molecular weight is 524 g/mol. The van der Waals surface area contributed by atoms with E-state index in [2.05, 4.69) is 31.4 Å². The molecule has 32 heavy (non-hydrogen) atoms. The highest BCUT2D eigenvalue weighted by molar-refractivity contribution is 9.10. The first-order chi connectivity index (χ1) is 14.7. The van der Waals surface area contributed by atoms with Crippen LogP contribution in [0.25, 0.3) is 0 Å². The predicted octanol–water partition coefficient (Wildman–Crippen LogP) is 5.33. The number of aromatic nitrogens is 4. The van der Waals surface area contributed by atoms with Gasteiger partial charge in [0, 0.05) is 7.05 Å². The summed E-state index contributed by atoms with van der Waals surface area (Å²) >= 11 is 2.78. The number of benzene rings is 1. The SMILES string of the molecule is Cc1nn(Cc2cccc(C(F)(F)F)c2)c(C)c1NC(=O)c1nn(C)c(C(F)(F)F)c1Br. The zero-order valence-corrected chi connectivity index (χ0v) is 18.4. The molecule has 0 aliphatic rings. The molecule has 0 aliphatic carbocycles. The van der Waals surface area contributed by atoms with Crippen molar-refractivity contribution in [2.75, 3.05) is 5.32 Å². The van der Waals surface area contributed by atoms with Crippen molar-refractivity contribution in [3.8, 4) is 0 Å². The molecule has 1 aromatic carbocycles. The number of amides is 1. The van der Waals surface area contributed by atoms with Gasteiger partial charge in [0.2, 0.25) is 0 Å². The molecule has 0 unspecified atom stereocenters. The van der Waals surface area contributed by atoms with E-state index in [1.807, 2.05) is 0 Å². The van der Waals surface area contributed by atoms with Gasteiger partial charge in [0.05, 0.1) is 33.7 Å². The summed E-state index contributed by atoms with van der Waals surface area (Å²) in [6.45, 7) is 3.13. The molecule has 1 amide bonds. The fraction of sp³-hybridized carbons (Fsp3) is 0.316. The van der Waals surface area contributed by atoms with Crippen LogP contribution in [0.2, 0.25) is 0 Å². The standard InChI is InChI=1S/C19H16BrF6N5O/c1-9-14(27-17(32)15-13(20)16(19(24,25)26)30(3)29-15)10(2)31(28-9)8-11-5-4-6-12(7-11)18(21,22)23/h4-7H,8H2,1-3H3,(H,27,32). The number of hydrogen-bond donors (Lipinski definition) is 1. The second-order valence-electron chi connectivity index (χ2n) is 6.99. The lowest BCUT2D eigenvalue weighted by Crippen LogP contribution is -2.15. The van der Waals surface area contributed by atoms with E-state index in [0.717, 1.165) is 19.2 Å². The molecule has 13 heteroatoms. The zero-order valence-electron chi connectivity index (χ0n) is 16.9. The van der Waals surface area contributed by atoms with Crippen LogP contribution in [0.15, 0.2) is 28.7 Å². The summed E-state index contributed by atoms with van der Waals surface area (Å²) in [5.74, 6) is -0.896. The first kappa shape index (κ1) is 23.8. The highest BCUT2D eigenvalue weighted by Gasteiger charge is 2.39. The molecular weight excluding hydrogens is 508 g/mol. The molecule has 0 radical (unpaired) electrons. The number of carbonyl (C=O) groups is 1. The molecule has 3 aromatic rings. The molecule has 0 atom stereocenters. The average Bonchev–Trinajstić information content (AvgIpc) is 3.11. The maximum Gasteiger partial charge on any atom is 0.434 e. The van der Waals surface area contributed by atoms with Crippen LogP contribution in [0.1, 0.15) is 38.7 Å². The number of anilines is 1. The monoisotopic (exact) mass is 523 g/mol. The minimum absolute atomic E-state index is 0.00202. The summed E-state index contributed by atoms with van der Waals surface area (Å²) in [6.07, 6.45) is -9.21. The minimum Gasteiger partial charge on any atom is -0.317 e. The van der Waals surface area contributed by atoms with Gasteiger partial charge in [0.15, 0.2) is 11.4 Å². The van der Waals surface area contributed by atoms with Crippen LogP contribution in [0.5, 0.6) is 0 Å². The Hall–Kier alpha value is -2.83. The van der Waals surface area contributed by atoms with Gasteiger partial charge in [-0.2, -0.15) is 36.5 Å². The zero-order chi connectivity index (χ0) is 24.0. The number of hydrogen-bond acceptors (Lipinski definition) is 3. The number of aryl methyl sites for hydroxylation is 2. The van der Waals surface area contributed by atoms with Crippen LogP contribution in [0.4, 0.5) is 32.0 Å². The Morgan fingerprint density at radius 1 is 1.09 bits per heavy atom. The molecule has 1 N–H and O–H groups in total. The first-order valence-electron chi connectivity index (χ1n) is 9.01. The third kappa shape index (κ3) is 4.66. The predicted molar refractivity (Wildman–Crippen MR) is 106 cm³/mol. The summed E-state index contributed by atoms with van der Waals surface area (Å²) in [4.78, 5) is 12.6. The van der Waals surface area contributed by atoms with E-state index in [-0.39, 0.29) is 12.2 Å². The Bertz CT molecular complexity index is 1180. The molecule has 172 valence electrons. The Balaban J connectivity index is 1.87. The van der Waals surface area contributed by atoms with Crippen LogP contribution in [-0.4, -0.2) is 25.5 Å². The van der Waals surface area contributed by atoms with Gasteiger partial charge in [0.1, 0.15) is 0 Å². The largest absolute Gasteiger partial charge is 0.434 e. The normalized spacial score (nSPS) is 12.3. The number of nitrogens with zero attached hydrogens (tertiary/aromatic N) is 4. The molecule has 0 saturated carbocycles. The molecule has 0 saturated heterocycles. The van der Waals surface area contributed by atoms with Crippen LogP contribution < -0.4 is 5.32 Å². The van der Waals surface area contributed by atoms with E-state index in [4.69, 9.17) is 0 Å². The number of alkyl halides is 6. The fourth-order valence-corrected chi connectivity index (χ4v) is 3.92. The summed E-state index contributed by atoms with van der Waals surface area (Å²) in [5, 5.41) is 10.4. The van der Waals surface area contributed by atoms with Crippen LogP contribution >= 0.6 is 15.9 Å². The van der Waals surface area contributed by atoms with Gasteiger partial charge in [-0.05, 0) is 47.5 Å². The minimum atomic E-state index is -4.72. The van der Waals surface area contributed by atoms with E-state index < -0.39 is 39.7 Å². The lowest BCUT2D eigenvalue weighted by atomic mass is 10.1. The van der Waals surface area contributed by atoms with Crippen molar-refractivity contribution >= 4 is 27.5 Å². The van der Waals surface area contributed by atoms with Crippen LogP contribution in [-0.2, 0) is 25.9 Å². The van der Waals surface area contributed by atoms with Gasteiger partial charge < -0.3 is 5.32 Å².